The highest BCUT2D eigenvalue weighted by Gasteiger charge is 2.12. The minimum absolute atomic E-state index is 0.182. The second-order valence-electron chi connectivity index (χ2n) is 3.43. The zero-order chi connectivity index (χ0) is 13.1. The Balaban J connectivity index is 2.27. The van der Waals surface area contributed by atoms with Crippen LogP contribution in [0.25, 0.3) is 0 Å². The van der Waals surface area contributed by atoms with E-state index in [4.69, 9.17) is 23.2 Å². The number of aromatic nitrogens is 1. The minimum atomic E-state index is -0.499. The van der Waals surface area contributed by atoms with E-state index in [1.807, 2.05) is 0 Å². The van der Waals surface area contributed by atoms with Crippen LogP contribution in [0.5, 0.6) is 0 Å². The molecule has 0 bridgehead atoms. The maximum Gasteiger partial charge on any atom is 0.258 e. The number of hydrogen-bond donors (Lipinski definition) is 1. The van der Waals surface area contributed by atoms with Crippen LogP contribution in [0.3, 0.4) is 0 Å². The van der Waals surface area contributed by atoms with Crippen LogP contribution >= 0.6 is 23.2 Å². The summed E-state index contributed by atoms with van der Waals surface area (Å²) in [4.78, 5) is 15.7. The molecule has 0 unspecified atom stereocenters. The molecule has 0 fully saturated rings. The Bertz CT molecular complexity index is 604. The van der Waals surface area contributed by atoms with Gasteiger partial charge in [0, 0.05) is 12.4 Å². The number of benzene rings is 1. The molecule has 0 aliphatic carbocycles. The smallest absolute Gasteiger partial charge is 0.258 e. The monoisotopic (exact) mass is 284 g/mol. The van der Waals surface area contributed by atoms with Crippen LogP contribution in [0.15, 0.2) is 36.7 Å². The average Bonchev–Trinajstić information content (AvgIpc) is 2.34. The summed E-state index contributed by atoms with van der Waals surface area (Å²) < 4.78 is 13.0. The van der Waals surface area contributed by atoms with E-state index in [0.29, 0.717) is 0 Å². The van der Waals surface area contributed by atoms with Crippen molar-refractivity contribution in [2.24, 2.45) is 0 Å². The van der Waals surface area contributed by atoms with E-state index >= 15 is 0 Å². The number of carbonyl (C=O) groups excluding carboxylic acids is 1. The van der Waals surface area contributed by atoms with Crippen molar-refractivity contribution in [1.29, 1.82) is 0 Å². The number of carbonyl (C=O) groups is 1. The molecule has 92 valence electrons. The van der Waals surface area contributed by atoms with Gasteiger partial charge in [-0.15, -0.1) is 0 Å². The first-order valence-electron chi connectivity index (χ1n) is 4.94. The minimum Gasteiger partial charge on any atom is -0.320 e. The molecule has 0 spiro atoms. The molecular weight excluding hydrogens is 278 g/mol. The zero-order valence-corrected chi connectivity index (χ0v) is 10.5. The molecule has 1 heterocycles. The van der Waals surface area contributed by atoms with Crippen molar-refractivity contribution in [2.45, 2.75) is 0 Å². The molecule has 3 nitrogen and oxygen atoms in total. The Hall–Kier alpha value is -1.65. The SMILES string of the molecule is O=C(Nc1cc(F)ccc1Cl)c1cnccc1Cl. The second-order valence-corrected chi connectivity index (χ2v) is 4.25. The van der Waals surface area contributed by atoms with Crippen LogP contribution in [0.4, 0.5) is 10.1 Å². The predicted molar refractivity (Wildman–Crippen MR) is 68.6 cm³/mol. The molecule has 0 saturated carbocycles. The third-order valence-corrected chi connectivity index (χ3v) is 2.85. The van der Waals surface area contributed by atoms with Crippen LogP contribution in [-0.2, 0) is 0 Å². The lowest BCUT2D eigenvalue weighted by Crippen LogP contribution is -2.13. The Morgan fingerprint density at radius 1 is 1.22 bits per heavy atom. The van der Waals surface area contributed by atoms with Gasteiger partial charge in [0.15, 0.2) is 0 Å². The Kier molecular flexibility index (Phi) is 3.79. The van der Waals surface area contributed by atoms with E-state index in [9.17, 15) is 9.18 Å². The van der Waals surface area contributed by atoms with E-state index < -0.39 is 11.7 Å². The quantitative estimate of drug-likeness (QED) is 0.912. The van der Waals surface area contributed by atoms with Crippen LogP contribution < -0.4 is 5.32 Å². The zero-order valence-electron chi connectivity index (χ0n) is 8.95. The fourth-order valence-electron chi connectivity index (χ4n) is 1.33. The summed E-state index contributed by atoms with van der Waals surface area (Å²) in [6.07, 6.45) is 2.79. The van der Waals surface area contributed by atoms with Gasteiger partial charge in [0.05, 0.1) is 21.3 Å². The molecule has 1 aromatic carbocycles. The molecule has 1 aromatic heterocycles. The number of nitrogens with zero attached hydrogens (tertiary/aromatic N) is 1. The van der Waals surface area contributed by atoms with Crippen molar-refractivity contribution >= 4 is 34.8 Å². The highest BCUT2D eigenvalue weighted by atomic mass is 35.5. The summed E-state index contributed by atoms with van der Waals surface area (Å²) >= 11 is 11.7. The van der Waals surface area contributed by atoms with Crippen molar-refractivity contribution in [3.63, 3.8) is 0 Å². The van der Waals surface area contributed by atoms with Crippen molar-refractivity contribution in [3.05, 3.63) is 58.1 Å². The highest BCUT2D eigenvalue weighted by molar-refractivity contribution is 6.35. The van der Waals surface area contributed by atoms with Gasteiger partial charge in [-0.05, 0) is 24.3 Å². The van der Waals surface area contributed by atoms with Gasteiger partial charge in [-0.25, -0.2) is 4.39 Å². The first-order chi connectivity index (χ1) is 8.58. The molecule has 2 rings (SSSR count). The van der Waals surface area contributed by atoms with E-state index in [0.717, 1.165) is 6.07 Å². The fourth-order valence-corrected chi connectivity index (χ4v) is 1.68. The predicted octanol–water partition coefficient (Wildman–Crippen LogP) is 3.78. The fraction of sp³-hybridized carbons (Fsp3) is 0. The molecule has 0 aliphatic heterocycles. The Morgan fingerprint density at radius 3 is 2.72 bits per heavy atom. The molecule has 0 saturated heterocycles. The molecule has 18 heavy (non-hydrogen) atoms. The summed E-state index contributed by atoms with van der Waals surface area (Å²) in [6, 6.07) is 5.18. The summed E-state index contributed by atoms with van der Waals surface area (Å²) in [5, 5.41) is 2.97. The standard InChI is InChI=1S/C12H7Cl2FN2O/c13-9-3-4-16-6-8(9)12(18)17-11-5-7(15)1-2-10(11)14/h1-6H,(H,17,18). The van der Waals surface area contributed by atoms with E-state index in [-0.39, 0.29) is 21.3 Å². The number of pyridine rings is 1. The lowest BCUT2D eigenvalue weighted by atomic mass is 10.2. The number of rotatable bonds is 2. The number of anilines is 1. The van der Waals surface area contributed by atoms with Crippen LogP contribution in [0.2, 0.25) is 10.0 Å². The first-order valence-corrected chi connectivity index (χ1v) is 5.69. The third-order valence-electron chi connectivity index (χ3n) is 2.19. The van der Waals surface area contributed by atoms with Gasteiger partial charge in [0.1, 0.15) is 5.82 Å². The molecule has 0 atom stereocenters. The van der Waals surface area contributed by atoms with E-state index in [1.54, 1.807) is 0 Å². The number of halogens is 3. The van der Waals surface area contributed by atoms with Crippen LogP contribution in [0, 0.1) is 5.82 Å². The molecule has 0 aliphatic rings. The summed E-state index contributed by atoms with van der Waals surface area (Å²) in [6.45, 7) is 0. The molecule has 6 heteroatoms. The third kappa shape index (κ3) is 2.78. The van der Waals surface area contributed by atoms with Crippen molar-refractivity contribution in [1.82, 2.24) is 4.98 Å². The average molecular weight is 285 g/mol. The van der Waals surface area contributed by atoms with Crippen molar-refractivity contribution in [3.8, 4) is 0 Å². The van der Waals surface area contributed by atoms with Crippen molar-refractivity contribution in [2.75, 3.05) is 5.32 Å². The molecule has 1 amide bonds. The summed E-state index contributed by atoms with van der Waals surface area (Å²) in [5.74, 6) is -0.993. The molecule has 1 N–H and O–H groups in total. The van der Waals surface area contributed by atoms with Crippen LogP contribution in [0.1, 0.15) is 10.4 Å². The first kappa shape index (κ1) is 12.8. The lowest BCUT2D eigenvalue weighted by molar-refractivity contribution is 0.102. The topological polar surface area (TPSA) is 42.0 Å². The number of amides is 1. The summed E-state index contributed by atoms with van der Waals surface area (Å²) in [7, 11) is 0. The largest absolute Gasteiger partial charge is 0.320 e. The van der Waals surface area contributed by atoms with Crippen LogP contribution in [-0.4, -0.2) is 10.9 Å². The van der Waals surface area contributed by atoms with Gasteiger partial charge in [-0.1, -0.05) is 23.2 Å². The van der Waals surface area contributed by atoms with Gasteiger partial charge in [0.2, 0.25) is 0 Å². The number of hydrogen-bond acceptors (Lipinski definition) is 2. The van der Waals surface area contributed by atoms with Gasteiger partial charge in [-0.2, -0.15) is 0 Å². The molecular formula is C12H7Cl2FN2O. The molecule has 2 aromatic rings. The van der Waals surface area contributed by atoms with Gasteiger partial charge in [-0.3, -0.25) is 9.78 Å². The Labute approximate surface area is 113 Å². The molecule has 0 radical (unpaired) electrons. The van der Waals surface area contributed by atoms with E-state index in [2.05, 4.69) is 10.3 Å². The second kappa shape index (κ2) is 5.33. The highest BCUT2D eigenvalue weighted by Crippen LogP contribution is 2.24. The normalized spacial score (nSPS) is 10.2. The maximum absolute atomic E-state index is 13.0. The van der Waals surface area contributed by atoms with Gasteiger partial charge in [0.25, 0.3) is 5.91 Å². The van der Waals surface area contributed by atoms with Gasteiger partial charge >= 0.3 is 0 Å². The van der Waals surface area contributed by atoms with Crippen molar-refractivity contribution < 1.29 is 9.18 Å². The van der Waals surface area contributed by atoms with Gasteiger partial charge < -0.3 is 5.32 Å². The Morgan fingerprint density at radius 2 is 2.00 bits per heavy atom. The number of nitrogens with one attached hydrogen (secondary N) is 1. The summed E-state index contributed by atoms with van der Waals surface area (Å²) in [5.41, 5.74) is 0.376. The maximum atomic E-state index is 13.0. The lowest BCUT2D eigenvalue weighted by Gasteiger charge is -2.07. The van der Waals surface area contributed by atoms with E-state index in [1.165, 1.54) is 30.6 Å².